The Hall–Kier alpha value is -2.28. The molecule has 0 saturated carbocycles. The SMILES string of the molecule is CC(O)[C@H]1[C@@H]2CC[C@H](CN1C(=O)OCc1ccccc1)N2C(=O)OC(C)(C)C. The molecule has 1 aromatic carbocycles. The van der Waals surface area contributed by atoms with Crippen molar-refractivity contribution in [2.24, 2.45) is 0 Å². The van der Waals surface area contributed by atoms with Crippen LogP contribution in [0.15, 0.2) is 30.3 Å². The number of aliphatic hydroxyl groups excluding tert-OH is 1. The standard InChI is InChI=1S/C21H30N2O5/c1-14(24)18-17-11-10-16(23(17)20(26)28-21(2,3)4)12-22(18)19(25)27-13-15-8-6-5-7-9-15/h5-9,14,16-18,24H,10-13H2,1-4H3/t14?,16-,17+,18+/m1/s1. The van der Waals surface area contributed by atoms with Crippen molar-refractivity contribution in [2.45, 2.75) is 77.0 Å². The van der Waals surface area contributed by atoms with E-state index in [9.17, 15) is 14.7 Å². The number of hydrogen-bond acceptors (Lipinski definition) is 5. The molecular formula is C21H30N2O5. The van der Waals surface area contributed by atoms with Gasteiger partial charge >= 0.3 is 12.2 Å². The Morgan fingerprint density at radius 1 is 1.18 bits per heavy atom. The van der Waals surface area contributed by atoms with E-state index in [0.29, 0.717) is 6.54 Å². The Labute approximate surface area is 166 Å². The lowest BCUT2D eigenvalue weighted by Crippen LogP contribution is -2.65. The van der Waals surface area contributed by atoms with Gasteiger partial charge in [-0.25, -0.2) is 9.59 Å². The van der Waals surface area contributed by atoms with Crippen molar-refractivity contribution in [3.05, 3.63) is 35.9 Å². The zero-order valence-corrected chi connectivity index (χ0v) is 17.0. The van der Waals surface area contributed by atoms with E-state index in [1.807, 2.05) is 51.1 Å². The molecule has 7 nitrogen and oxygen atoms in total. The summed E-state index contributed by atoms with van der Waals surface area (Å²) in [6.07, 6.45) is -0.144. The summed E-state index contributed by atoms with van der Waals surface area (Å²) in [5.74, 6) is 0. The summed E-state index contributed by atoms with van der Waals surface area (Å²) in [6, 6.07) is 8.55. The van der Waals surface area contributed by atoms with Gasteiger partial charge in [0.15, 0.2) is 0 Å². The van der Waals surface area contributed by atoms with Gasteiger partial charge in [-0.15, -0.1) is 0 Å². The smallest absolute Gasteiger partial charge is 0.410 e. The van der Waals surface area contributed by atoms with Gasteiger partial charge in [0.1, 0.15) is 12.2 Å². The van der Waals surface area contributed by atoms with Gasteiger partial charge in [0.2, 0.25) is 0 Å². The number of nitrogens with zero attached hydrogens (tertiary/aromatic N) is 2. The van der Waals surface area contributed by atoms with Crippen LogP contribution in [-0.4, -0.2) is 63.5 Å². The first-order valence-corrected chi connectivity index (χ1v) is 9.84. The number of piperazine rings is 1. The van der Waals surface area contributed by atoms with E-state index in [2.05, 4.69) is 0 Å². The maximum absolute atomic E-state index is 12.8. The normalized spacial score (nSPS) is 25.4. The number of amides is 2. The highest BCUT2D eigenvalue weighted by molar-refractivity contribution is 5.72. The van der Waals surface area contributed by atoms with Gasteiger partial charge in [-0.3, -0.25) is 9.80 Å². The third-order valence-electron chi connectivity index (χ3n) is 5.25. The molecule has 7 heteroatoms. The highest BCUT2D eigenvalue weighted by atomic mass is 16.6. The molecule has 2 aliphatic rings. The van der Waals surface area contributed by atoms with Gasteiger partial charge in [0.25, 0.3) is 0 Å². The summed E-state index contributed by atoms with van der Waals surface area (Å²) in [6.45, 7) is 7.64. The zero-order valence-electron chi connectivity index (χ0n) is 17.0. The lowest BCUT2D eigenvalue weighted by atomic mass is 9.98. The third-order valence-corrected chi connectivity index (χ3v) is 5.25. The number of ether oxygens (including phenoxy) is 2. The minimum atomic E-state index is -0.793. The molecule has 0 spiro atoms. The van der Waals surface area contributed by atoms with Crippen LogP contribution in [0.25, 0.3) is 0 Å². The van der Waals surface area contributed by atoms with E-state index in [4.69, 9.17) is 9.47 Å². The monoisotopic (exact) mass is 390 g/mol. The number of aliphatic hydroxyl groups is 1. The molecule has 1 N–H and O–H groups in total. The number of likely N-dealkylation sites (tertiary alicyclic amines) is 1. The molecule has 154 valence electrons. The molecule has 2 heterocycles. The molecule has 4 atom stereocenters. The molecule has 2 saturated heterocycles. The maximum Gasteiger partial charge on any atom is 0.410 e. The van der Waals surface area contributed by atoms with E-state index in [-0.39, 0.29) is 24.8 Å². The van der Waals surface area contributed by atoms with Crippen molar-refractivity contribution in [1.82, 2.24) is 9.80 Å². The molecule has 28 heavy (non-hydrogen) atoms. The summed E-state index contributed by atoms with van der Waals surface area (Å²) >= 11 is 0. The first kappa shape index (κ1) is 20.5. The number of rotatable bonds is 3. The molecule has 0 aliphatic carbocycles. The summed E-state index contributed by atoms with van der Waals surface area (Å²) in [5.41, 5.74) is 0.308. The summed E-state index contributed by atoms with van der Waals surface area (Å²) in [4.78, 5) is 28.8. The van der Waals surface area contributed by atoms with Crippen LogP contribution in [0.3, 0.4) is 0 Å². The molecule has 1 aromatic rings. The second-order valence-electron chi connectivity index (χ2n) is 8.61. The third kappa shape index (κ3) is 4.41. The van der Waals surface area contributed by atoms with Crippen LogP contribution in [0.2, 0.25) is 0 Å². The van der Waals surface area contributed by atoms with Gasteiger partial charge in [0.05, 0.1) is 24.2 Å². The van der Waals surface area contributed by atoms with Gasteiger partial charge in [-0.1, -0.05) is 30.3 Å². The second kappa shape index (κ2) is 7.99. The Bertz CT molecular complexity index is 700. The topological polar surface area (TPSA) is 79.3 Å². The van der Waals surface area contributed by atoms with Crippen LogP contribution < -0.4 is 0 Å². The van der Waals surface area contributed by atoms with Crippen molar-refractivity contribution in [3.8, 4) is 0 Å². The molecule has 2 aliphatic heterocycles. The lowest BCUT2D eigenvalue weighted by Gasteiger charge is -2.47. The summed E-state index contributed by atoms with van der Waals surface area (Å²) < 4.78 is 11.0. The van der Waals surface area contributed by atoms with Gasteiger partial charge in [0, 0.05) is 6.54 Å². The average molecular weight is 390 g/mol. The number of fused-ring (bicyclic) bond motifs is 2. The Kier molecular flexibility index (Phi) is 5.84. The van der Waals surface area contributed by atoms with Gasteiger partial charge in [-0.05, 0) is 46.1 Å². The minimum absolute atomic E-state index is 0.126. The number of hydrogen-bond donors (Lipinski definition) is 1. The number of benzene rings is 1. The maximum atomic E-state index is 12.8. The van der Waals surface area contributed by atoms with Crippen LogP contribution in [-0.2, 0) is 16.1 Å². The number of carbonyl (C=O) groups excluding carboxylic acids is 2. The molecule has 3 rings (SSSR count). The van der Waals surface area contributed by atoms with Crippen molar-refractivity contribution in [3.63, 3.8) is 0 Å². The first-order chi connectivity index (χ1) is 13.2. The van der Waals surface area contributed by atoms with Crippen molar-refractivity contribution in [2.75, 3.05) is 6.54 Å². The quantitative estimate of drug-likeness (QED) is 0.858. The zero-order chi connectivity index (χ0) is 20.5. The van der Waals surface area contributed by atoms with Gasteiger partial charge < -0.3 is 14.6 Å². The van der Waals surface area contributed by atoms with Crippen molar-refractivity contribution < 1.29 is 24.2 Å². The van der Waals surface area contributed by atoms with Crippen molar-refractivity contribution in [1.29, 1.82) is 0 Å². The fourth-order valence-corrected chi connectivity index (χ4v) is 4.16. The highest BCUT2D eigenvalue weighted by Gasteiger charge is 2.52. The number of carbonyl (C=O) groups is 2. The predicted molar refractivity (Wildman–Crippen MR) is 104 cm³/mol. The molecule has 1 unspecified atom stereocenters. The van der Waals surface area contributed by atoms with E-state index in [1.54, 1.807) is 16.7 Å². The first-order valence-electron chi connectivity index (χ1n) is 9.84. The molecule has 2 bridgehead atoms. The second-order valence-corrected chi connectivity index (χ2v) is 8.61. The molecular weight excluding hydrogens is 360 g/mol. The van der Waals surface area contributed by atoms with Crippen molar-refractivity contribution >= 4 is 12.2 Å². The molecule has 0 aromatic heterocycles. The fraction of sp³-hybridized carbons (Fsp3) is 0.619. The van der Waals surface area contributed by atoms with Gasteiger partial charge in [-0.2, -0.15) is 0 Å². The van der Waals surface area contributed by atoms with E-state index < -0.39 is 23.8 Å². The van der Waals surface area contributed by atoms with Crippen LogP contribution in [0, 0.1) is 0 Å². The predicted octanol–water partition coefficient (Wildman–Crippen LogP) is 3.16. The molecule has 2 amide bonds. The largest absolute Gasteiger partial charge is 0.445 e. The van der Waals surface area contributed by atoms with Crippen LogP contribution >= 0.6 is 0 Å². The van der Waals surface area contributed by atoms with E-state index in [0.717, 1.165) is 18.4 Å². The highest BCUT2D eigenvalue weighted by Crippen LogP contribution is 2.37. The van der Waals surface area contributed by atoms with E-state index >= 15 is 0 Å². The average Bonchev–Trinajstić information content (AvgIpc) is 2.92. The Morgan fingerprint density at radius 2 is 1.86 bits per heavy atom. The Balaban J connectivity index is 1.72. The minimum Gasteiger partial charge on any atom is -0.445 e. The summed E-state index contributed by atoms with van der Waals surface area (Å²) in [7, 11) is 0. The molecule has 0 radical (unpaired) electrons. The van der Waals surface area contributed by atoms with Crippen LogP contribution in [0.1, 0.15) is 46.1 Å². The lowest BCUT2D eigenvalue weighted by molar-refractivity contribution is -0.0486. The van der Waals surface area contributed by atoms with Crippen LogP contribution in [0.4, 0.5) is 9.59 Å². The fourth-order valence-electron chi connectivity index (χ4n) is 4.16. The summed E-state index contributed by atoms with van der Waals surface area (Å²) in [5, 5.41) is 10.4. The Morgan fingerprint density at radius 3 is 2.46 bits per heavy atom. The van der Waals surface area contributed by atoms with E-state index in [1.165, 1.54) is 0 Å². The van der Waals surface area contributed by atoms with Crippen LogP contribution in [0.5, 0.6) is 0 Å². The molecule has 2 fully saturated rings.